The fraction of sp³-hybridized carbons (Fsp3) is 0.321. The lowest BCUT2D eigenvalue weighted by Crippen LogP contribution is -2.34. The van der Waals surface area contributed by atoms with Crippen molar-refractivity contribution in [2.24, 2.45) is 0 Å². The van der Waals surface area contributed by atoms with Gasteiger partial charge in [-0.2, -0.15) is 0 Å². The minimum atomic E-state index is -1.74. The summed E-state index contributed by atoms with van der Waals surface area (Å²) in [7, 11) is -1.74. The molecule has 0 bridgehead atoms. The van der Waals surface area contributed by atoms with E-state index >= 15 is 0 Å². The number of amides is 1. The van der Waals surface area contributed by atoms with Crippen LogP contribution < -0.4 is 18.9 Å². The van der Waals surface area contributed by atoms with Crippen molar-refractivity contribution in [3.8, 4) is 17.2 Å². The number of nitrogens with one attached hydrogen (secondary N) is 1. The average molecular weight is 494 g/mol. The van der Waals surface area contributed by atoms with Gasteiger partial charge in [-0.15, -0.1) is 0 Å². The molecule has 0 saturated carbocycles. The van der Waals surface area contributed by atoms with Gasteiger partial charge in [0.05, 0.1) is 4.90 Å². The third-order valence-electron chi connectivity index (χ3n) is 6.04. The Labute approximate surface area is 209 Å². The van der Waals surface area contributed by atoms with Crippen molar-refractivity contribution in [1.82, 2.24) is 4.72 Å². The molecule has 184 valence electrons. The molecule has 35 heavy (non-hydrogen) atoms. The van der Waals surface area contributed by atoms with Crippen LogP contribution in [0.1, 0.15) is 61.5 Å². The maximum atomic E-state index is 13.5. The van der Waals surface area contributed by atoms with Crippen molar-refractivity contribution < 1.29 is 23.2 Å². The molecule has 0 aromatic heterocycles. The summed E-state index contributed by atoms with van der Waals surface area (Å²) in [5.41, 5.74) is 3.53. The number of ether oxygens (including phenoxy) is 3. The van der Waals surface area contributed by atoms with Gasteiger partial charge in [0.15, 0.2) is 22.5 Å². The number of hydrogen-bond acceptors (Lipinski definition) is 5. The van der Waals surface area contributed by atoms with E-state index in [0.717, 1.165) is 29.5 Å². The summed E-state index contributed by atoms with van der Waals surface area (Å²) in [6.07, 6.45) is 0.733. The minimum Gasteiger partial charge on any atom is -0.475 e. The van der Waals surface area contributed by atoms with E-state index in [1.807, 2.05) is 43.3 Å². The number of benzene rings is 3. The molecule has 1 heterocycles. The Kier molecular flexibility index (Phi) is 7.76. The molecule has 1 aliphatic heterocycles. The maximum Gasteiger partial charge on any atom is 0.277 e. The van der Waals surface area contributed by atoms with Gasteiger partial charge in [-0.05, 0) is 54.7 Å². The van der Waals surface area contributed by atoms with Crippen LogP contribution in [-0.2, 0) is 22.2 Å². The number of aryl methyl sites for hydroxylation is 1. The highest BCUT2D eigenvalue weighted by atomic mass is 32.2. The molecule has 7 heteroatoms. The molecule has 0 fully saturated rings. The van der Waals surface area contributed by atoms with E-state index in [4.69, 9.17) is 14.2 Å². The van der Waals surface area contributed by atoms with Gasteiger partial charge in [-0.1, -0.05) is 63.6 Å². The van der Waals surface area contributed by atoms with Crippen molar-refractivity contribution in [2.75, 3.05) is 6.79 Å². The number of rotatable bonds is 9. The van der Waals surface area contributed by atoms with E-state index in [2.05, 4.69) is 25.5 Å². The lowest BCUT2D eigenvalue weighted by atomic mass is 10.0. The lowest BCUT2D eigenvalue weighted by molar-refractivity contribution is -0.126. The highest BCUT2D eigenvalue weighted by molar-refractivity contribution is 7.83. The summed E-state index contributed by atoms with van der Waals surface area (Å²) in [4.78, 5) is 14.1. The molecule has 1 aliphatic rings. The zero-order valence-corrected chi connectivity index (χ0v) is 21.3. The first kappa shape index (κ1) is 24.8. The van der Waals surface area contributed by atoms with Crippen LogP contribution >= 0.6 is 0 Å². The highest BCUT2D eigenvalue weighted by Crippen LogP contribution is 2.40. The van der Waals surface area contributed by atoms with Gasteiger partial charge in [0.1, 0.15) is 5.75 Å². The Morgan fingerprint density at radius 1 is 1.06 bits per heavy atom. The second-order valence-corrected chi connectivity index (χ2v) is 10.0. The number of hydrogen-bond donors (Lipinski definition) is 1. The van der Waals surface area contributed by atoms with Crippen molar-refractivity contribution in [3.63, 3.8) is 0 Å². The molecule has 1 amide bonds. The third-order valence-corrected chi connectivity index (χ3v) is 7.13. The van der Waals surface area contributed by atoms with Crippen LogP contribution in [0.25, 0.3) is 0 Å². The minimum absolute atomic E-state index is 0.132. The van der Waals surface area contributed by atoms with Crippen molar-refractivity contribution in [3.05, 3.63) is 82.9 Å². The van der Waals surface area contributed by atoms with E-state index < -0.39 is 23.0 Å². The average Bonchev–Trinajstić information content (AvgIpc) is 3.34. The zero-order valence-electron chi connectivity index (χ0n) is 20.5. The Hall–Kier alpha value is -3.32. The number of para-hydroxylation sites is 1. The van der Waals surface area contributed by atoms with Gasteiger partial charge < -0.3 is 14.2 Å². The van der Waals surface area contributed by atoms with Crippen molar-refractivity contribution >= 4 is 16.9 Å². The number of fused-ring (bicyclic) bond motifs is 1. The van der Waals surface area contributed by atoms with Gasteiger partial charge in [0, 0.05) is 11.1 Å². The monoisotopic (exact) mass is 493 g/mol. The molecule has 0 saturated heterocycles. The predicted octanol–water partition coefficient (Wildman–Crippen LogP) is 5.76. The zero-order chi connectivity index (χ0) is 24.9. The first-order valence-electron chi connectivity index (χ1n) is 11.8. The summed E-state index contributed by atoms with van der Waals surface area (Å²) in [6.45, 7) is 8.29. The lowest BCUT2D eigenvalue weighted by Gasteiger charge is -2.22. The Morgan fingerprint density at radius 3 is 2.51 bits per heavy atom. The molecule has 6 nitrogen and oxygen atoms in total. The van der Waals surface area contributed by atoms with Crippen LogP contribution in [0.15, 0.2) is 65.6 Å². The summed E-state index contributed by atoms with van der Waals surface area (Å²) in [5.74, 6) is 1.71. The molecular weight excluding hydrogens is 462 g/mol. The molecule has 3 aromatic rings. The summed E-state index contributed by atoms with van der Waals surface area (Å²) >= 11 is 0. The van der Waals surface area contributed by atoms with E-state index in [9.17, 15) is 9.00 Å². The molecule has 2 atom stereocenters. The van der Waals surface area contributed by atoms with E-state index in [1.165, 1.54) is 0 Å². The van der Waals surface area contributed by atoms with Gasteiger partial charge in [-0.25, -0.2) is 4.21 Å². The fourth-order valence-electron chi connectivity index (χ4n) is 4.07. The van der Waals surface area contributed by atoms with Crippen LogP contribution in [0.2, 0.25) is 0 Å². The van der Waals surface area contributed by atoms with Crippen LogP contribution in [0, 0.1) is 6.92 Å². The predicted molar refractivity (Wildman–Crippen MR) is 136 cm³/mol. The SMILES string of the molecule is CCCc1ccccc1OC(C(=O)NS(=O)c1ccc(C(C)C)cc1)c1ccc2c(c1C)OCO2. The molecule has 0 radical (unpaired) electrons. The second-order valence-electron chi connectivity index (χ2n) is 8.83. The van der Waals surface area contributed by atoms with Crippen LogP contribution in [0.3, 0.4) is 0 Å². The molecular formula is C28H31NO5S. The fourth-order valence-corrected chi connectivity index (χ4v) is 4.86. The van der Waals surface area contributed by atoms with Crippen LogP contribution in [0.4, 0.5) is 0 Å². The first-order chi connectivity index (χ1) is 16.9. The van der Waals surface area contributed by atoms with Gasteiger partial charge in [-0.3, -0.25) is 9.52 Å². The number of carbonyl (C=O) groups is 1. The highest BCUT2D eigenvalue weighted by Gasteiger charge is 2.30. The molecule has 3 aromatic carbocycles. The van der Waals surface area contributed by atoms with Crippen LogP contribution in [-0.4, -0.2) is 16.9 Å². The molecule has 1 N–H and O–H groups in total. The maximum absolute atomic E-state index is 13.5. The smallest absolute Gasteiger partial charge is 0.277 e. The molecule has 0 aliphatic carbocycles. The van der Waals surface area contributed by atoms with Gasteiger partial charge >= 0.3 is 0 Å². The summed E-state index contributed by atoms with van der Waals surface area (Å²) < 4.78 is 33.1. The molecule has 4 rings (SSSR count). The first-order valence-corrected chi connectivity index (χ1v) is 13.0. The second kappa shape index (κ2) is 11.0. The van der Waals surface area contributed by atoms with Crippen LogP contribution in [0.5, 0.6) is 17.2 Å². The normalized spacial score (nSPS) is 14.0. The Morgan fingerprint density at radius 2 is 1.80 bits per heavy atom. The van der Waals surface area contributed by atoms with Gasteiger partial charge in [0.2, 0.25) is 12.9 Å². The standard InChI is InChI=1S/C28H31NO5S/c1-5-8-21-9-6-7-10-24(21)34-27(23-15-16-25-26(19(23)4)33-17-32-25)28(30)29-35(31)22-13-11-20(12-14-22)18(2)3/h6-7,9-16,18,27H,5,8,17H2,1-4H3,(H,29,30). The van der Waals surface area contributed by atoms with E-state index in [-0.39, 0.29) is 6.79 Å². The Bertz CT molecular complexity index is 1220. The molecule has 0 spiro atoms. The number of carbonyl (C=O) groups excluding carboxylic acids is 1. The van der Waals surface area contributed by atoms with Crippen molar-refractivity contribution in [2.45, 2.75) is 57.5 Å². The van der Waals surface area contributed by atoms with Gasteiger partial charge in [0.25, 0.3) is 5.91 Å². The topological polar surface area (TPSA) is 73.9 Å². The van der Waals surface area contributed by atoms with E-state index in [1.54, 1.807) is 24.3 Å². The quantitative estimate of drug-likeness (QED) is 0.410. The largest absolute Gasteiger partial charge is 0.475 e. The third kappa shape index (κ3) is 5.51. The summed E-state index contributed by atoms with van der Waals surface area (Å²) in [5, 5.41) is 0. The molecule has 2 unspecified atom stereocenters. The Balaban J connectivity index is 1.65. The van der Waals surface area contributed by atoms with Crippen molar-refractivity contribution in [1.29, 1.82) is 0 Å². The summed E-state index contributed by atoms with van der Waals surface area (Å²) in [6, 6.07) is 18.7. The van der Waals surface area contributed by atoms with E-state index in [0.29, 0.717) is 33.6 Å².